The van der Waals surface area contributed by atoms with Gasteiger partial charge in [0.05, 0.1) is 5.69 Å². The molecule has 1 aromatic carbocycles. The zero-order valence-electron chi connectivity index (χ0n) is 18.1. The molecule has 0 fully saturated rings. The summed E-state index contributed by atoms with van der Waals surface area (Å²) in [5, 5.41) is 12.6. The van der Waals surface area contributed by atoms with E-state index in [1.807, 2.05) is 13.0 Å². The predicted octanol–water partition coefficient (Wildman–Crippen LogP) is 7.68. The Morgan fingerprint density at radius 1 is 0.893 bits per heavy atom. The SMILES string of the molecule is CCCCCCCC/C=C/CCCCCCCC(=O)Nc1cc(C)ccc1O. The molecule has 0 aliphatic carbocycles. The van der Waals surface area contributed by atoms with Gasteiger partial charge in [0.15, 0.2) is 0 Å². The summed E-state index contributed by atoms with van der Waals surface area (Å²) in [7, 11) is 0. The van der Waals surface area contributed by atoms with E-state index in [1.165, 1.54) is 70.6 Å². The third-order valence-electron chi connectivity index (χ3n) is 5.09. The van der Waals surface area contributed by atoms with Crippen molar-refractivity contribution in [3.63, 3.8) is 0 Å². The minimum absolute atomic E-state index is 0.0153. The highest BCUT2D eigenvalue weighted by molar-refractivity contribution is 5.92. The first-order chi connectivity index (χ1) is 13.6. The second kappa shape index (κ2) is 16.2. The Morgan fingerprint density at radius 3 is 2.11 bits per heavy atom. The van der Waals surface area contributed by atoms with Crippen LogP contribution in [0.5, 0.6) is 5.75 Å². The Kier molecular flexibility index (Phi) is 14.0. The highest BCUT2D eigenvalue weighted by Gasteiger charge is 2.06. The van der Waals surface area contributed by atoms with Crippen LogP contribution >= 0.6 is 0 Å². The van der Waals surface area contributed by atoms with Gasteiger partial charge in [-0.05, 0) is 56.7 Å². The zero-order chi connectivity index (χ0) is 20.5. The minimum Gasteiger partial charge on any atom is -0.506 e. The summed E-state index contributed by atoms with van der Waals surface area (Å²) in [6.45, 7) is 4.21. The van der Waals surface area contributed by atoms with Crippen molar-refractivity contribution in [3.05, 3.63) is 35.9 Å². The number of rotatable bonds is 16. The molecule has 0 atom stereocenters. The van der Waals surface area contributed by atoms with Gasteiger partial charge in [-0.15, -0.1) is 0 Å². The van der Waals surface area contributed by atoms with Crippen molar-refractivity contribution in [2.45, 2.75) is 104 Å². The molecule has 0 aliphatic heterocycles. The minimum atomic E-state index is -0.0153. The summed E-state index contributed by atoms with van der Waals surface area (Å²) < 4.78 is 0. The number of carbonyl (C=O) groups excluding carboxylic acids is 1. The number of phenols is 1. The molecule has 158 valence electrons. The predicted molar refractivity (Wildman–Crippen MR) is 121 cm³/mol. The number of phenolic OH excluding ortho intramolecular Hbond substituents is 1. The molecule has 0 aromatic heterocycles. The fourth-order valence-electron chi connectivity index (χ4n) is 3.32. The largest absolute Gasteiger partial charge is 0.506 e. The number of aromatic hydroxyl groups is 1. The van der Waals surface area contributed by atoms with E-state index in [2.05, 4.69) is 24.4 Å². The van der Waals surface area contributed by atoms with E-state index < -0.39 is 0 Å². The topological polar surface area (TPSA) is 49.3 Å². The Morgan fingerprint density at radius 2 is 1.46 bits per heavy atom. The molecular formula is C25H41NO2. The Bertz CT molecular complexity index is 566. The maximum absolute atomic E-state index is 12.0. The van der Waals surface area contributed by atoms with Crippen LogP contribution in [0, 0.1) is 6.92 Å². The number of anilines is 1. The summed E-state index contributed by atoms with van der Waals surface area (Å²) in [5.41, 5.74) is 1.53. The van der Waals surface area contributed by atoms with Crippen molar-refractivity contribution >= 4 is 11.6 Å². The number of aryl methyl sites for hydroxylation is 1. The molecule has 3 nitrogen and oxygen atoms in total. The van der Waals surface area contributed by atoms with Gasteiger partial charge >= 0.3 is 0 Å². The number of hydrogen-bond donors (Lipinski definition) is 2. The van der Waals surface area contributed by atoms with Crippen LogP contribution in [0.1, 0.15) is 102 Å². The second-order valence-electron chi connectivity index (χ2n) is 7.90. The van der Waals surface area contributed by atoms with Gasteiger partial charge in [0.25, 0.3) is 0 Å². The number of amides is 1. The molecule has 1 amide bonds. The lowest BCUT2D eigenvalue weighted by Crippen LogP contribution is -2.11. The van der Waals surface area contributed by atoms with Gasteiger partial charge in [0.1, 0.15) is 5.75 Å². The molecule has 1 rings (SSSR count). The summed E-state index contributed by atoms with van der Waals surface area (Å²) >= 11 is 0. The van der Waals surface area contributed by atoms with Crippen molar-refractivity contribution in [3.8, 4) is 5.75 Å². The Balaban J connectivity index is 1.93. The van der Waals surface area contributed by atoms with Crippen molar-refractivity contribution in [1.29, 1.82) is 0 Å². The van der Waals surface area contributed by atoms with Crippen LogP contribution in [0.25, 0.3) is 0 Å². The molecule has 0 saturated heterocycles. The van der Waals surface area contributed by atoms with E-state index in [0.29, 0.717) is 12.1 Å². The maximum Gasteiger partial charge on any atom is 0.224 e. The van der Waals surface area contributed by atoms with Gasteiger partial charge in [-0.2, -0.15) is 0 Å². The third-order valence-corrected chi connectivity index (χ3v) is 5.09. The van der Waals surface area contributed by atoms with Crippen molar-refractivity contribution in [2.75, 3.05) is 5.32 Å². The lowest BCUT2D eigenvalue weighted by atomic mass is 10.1. The van der Waals surface area contributed by atoms with Crippen LogP contribution in [0.4, 0.5) is 5.69 Å². The van der Waals surface area contributed by atoms with Gasteiger partial charge in [-0.1, -0.05) is 76.5 Å². The summed E-state index contributed by atoms with van der Waals surface area (Å²) in [6, 6.07) is 5.25. The van der Waals surface area contributed by atoms with E-state index in [-0.39, 0.29) is 11.7 Å². The van der Waals surface area contributed by atoms with Gasteiger partial charge in [0.2, 0.25) is 5.91 Å². The van der Waals surface area contributed by atoms with E-state index in [9.17, 15) is 9.90 Å². The van der Waals surface area contributed by atoms with Crippen LogP contribution < -0.4 is 5.32 Å². The molecule has 0 heterocycles. The van der Waals surface area contributed by atoms with E-state index in [0.717, 1.165) is 18.4 Å². The molecule has 0 aliphatic rings. The first kappa shape index (κ1) is 24.3. The van der Waals surface area contributed by atoms with Crippen LogP contribution in [0.15, 0.2) is 30.4 Å². The van der Waals surface area contributed by atoms with E-state index in [4.69, 9.17) is 0 Å². The molecular weight excluding hydrogens is 346 g/mol. The smallest absolute Gasteiger partial charge is 0.224 e. The number of hydrogen-bond acceptors (Lipinski definition) is 2. The average Bonchev–Trinajstić information content (AvgIpc) is 2.67. The standard InChI is InChI=1S/C25H41NO2/c1-3-4-5-6-7-8-9-10-11-12-13-14-15-16-17-18-25(28)26-23-21-22(2)19-20-24(23)27/h10-11,19-21,27H,3-9,12-18H2,1-2H3,(H,26,28)/b11-10+. The number of carbonyl (C=O) groups is 1. The zero-order valence-corrected chi connectivity index (χ0v) is 18.1. The number of nitrogens with one attached hydrogen (secondary N) is 1. The molecule has 28 heavy (non-hydrogen) atoms. The second-order valence-corrected chi connectivity index (χ2v) is 7.90. The molecule has 1 aromatic rings. The van der Waals surface area contributed by atoms with Gasteiger partial charge in [-0.25, -0.2) is 0 Å². The fourth-order valence-corrected chi connectivity index (χ4v) is 3.32. The number of unbranched alkanes of at least 4 members (excludes halogenated alkanes) is 11. The lowest BCUT2D eigenvalue weighted by Gasteiger charge is -2.08. The quantitative estimate of drug-likeness (QED) is 0.174. The Hall–Kier alpha value is -1.77. The monoisotopic (exact) mass is 387 g/mol. The Labute approximate surface area is 172 Å². The summed E-state index contributed by atoms with van der Waals surface area (Å²) in [6.07, 6.45) is 21.5. The number of benzene rings is 1. The van der Waals surface area contributed by atoms with Crippen molar-refractivity contribution < 1.29 is 9.90 Å². The normalized spacial score (nSPS) is 11.2. The third kappa shape index (κ3) is 12.6. The van der Waals surface area contributed by atoms with Crippen molar-refractivity contribution in [2.24, 2.45) is 0 Å². The van der Waals surface area contributed by atoms with Crippen LogP contribution in [-0.4, -0.2) is 11.0 Å². The van der Waals surface area contributed by atoms with E-state index in [1.54, 1.807) is 12.1 Å². The van der Waals surface area contributed by atoms with Crippen LogP contribution in [-0.2, 0) is 4.79 Å². The van der Waals surface area contributed by atoms with E-state index >= 15 is 0 Å². The molecule has 0 spiro atoms. The molecule has 0 saturated carbocycles. The average molecular weight is 388 g/mol. The molecule has 0 radical (unpaired) electrons. The van der Waals surface area contributed by atoms with Crippen molar-refractivity contribution in [1.82, 2.24) is 0 Å². The van der Waals surface area contributed by atoms with Gasteiger partial charge < -0.3 is 10.4 Å². The van der Waals surface area contributed by atoms with Crippen LogP contribution in [0.3, 0.4) is 0 Å². The molecule has 3 heteroatoms. The van der Waals surface area contributed by atoms with Gasteiger partial charge in [0, 0.05) is 6.42 Å². The molecule has 2 N–H and O–H groups in total. The fraction of sp³-hybridized carbons (Fsp3) is 0.640. The highest BCUT2D eigenvalue weighted by Crippen LogP contribution is 2.24. The van der Waals surface area contributed by atoms with Gasteiger partial charge in [-0.3, -0.25) is 4.79 Å². The molecule has 0 unspecified atom stereocenters. The first-order valence-corrected chi connectivity index (χ1v) is 11.4. The highest BCUT2D eigenvalue weighted by atomic mass is 16.3. The summed E-state index contributed by atoms with van der Waals surface area (Å²) in [5.74, 6) is 0.113. The number of allylic oxidation sites excluding steroid dienone is 2. The maximum atomic E-state index is 12.0. The molecule has 0 bridgehead atoms. The first-order valence-electron chi connectivity index (χ1n) is 11.4. The lowest BCUT2D eigenvalue weighted by molar-refractivity contribution is -0.116. The summed E-state index contributed by atoms with van der Waals surface area (Å²) in [4.78, 5) is 12.0. The van der Waals surface area contributed by atoms with Crippen LogP contribution in [0.2, 0.25) is 0 Å².